The molecule has 41 heavy (non-hydrogen) atoms. The van der Waals surface area contributed by atoms with Crippen LogP contribution in [0.1, 0.15) is 50.3 Å². The Morgan fingerprint density at radius 2 is 1.54 bits per heavy atom. The number of hydrogen-bond donors (Lipinski definition) is 1. The molecule has 3 aromatic carbocycles. The van der Waals surface area contributed by atoms with Crippen LogP contribution in [0.25, 0.3) is 0 Å². The number of aryl methyl sites for hydroxylation is 2. The van der Waals surface area contributed by atoms with Crippen molar-refractivity contribution in [3.63, 3.8) is 0 Å². The van der Waals surface area contributed by atoms with Crippen LogP contribution >= 0.6 is 0 Å². The number of hydrogen-bond acceptors (Lipinski definition) is 5. The Hall–Kier alpha value is -3.85. The topological polar surface area (TPSA) is 96.0 Å². The molecule has 0 saturated heterocycles. The van der Waals surface area contributed by atoms with E-state index in [9.17, 15) is 18.0 Å². The Morgan fingerprint density at radius 1 is 0.902 bits per heavy atom. The zero-order chi connectivity index (χ0) is 30.2. The first-order valence-corrected chi connectivity index (χ1v) is 15.3. The largest absolute Gasteiger partial charge is 0.495 e. The highest BCUT2D eigenvalue weighted by Gasteiger charge is 2.35. The minimum absolute atomic E-state index is 0.0498. The normalized spacial score (nSPS) is 12.7. The number of anilines is 1. The van der Waals surface area contributed by atoms with Crippen LogP contribution in [-0.4, -0.2) is 50.9 Å². The summed E-state index contributed by atoms with van der Waals surface area (Å²) in [4.78, 5) is 29.2. The summed E-state index contributed by atoms with van der Waals surface area (Å²) in [6.45, 7) is 9.19. The average Bonchev–Trinajstić information content (AvgIpc) is 2.96. The monoisotopic (exact) mass is 579 g/mol. The van der Waals surface area contributed by atoms with Crippen LogP contribution in [0.15, 0.2) is 77.7 Å². The third-order valence-corrected chi connectivity index (χ3v) is 9.00. The van der Waals surface area contributed by atoms with E-state index in [1.807, 2.05) is 58.9 Å². The number of carbonyl (C=O) groups excluding carboxylic acids is 2. The molecule has 0 saturated carbocycles. The van der Waals surface area contributed by atoms with Crippen molar-refractivity contribution in [1.29, 1.82) is 0 Å². The smallest absolute Gasteiger partial charge is 0.264 e. The lowest BCUT2D eigenvalue weighted by Gasteiger charge is -2.34. The first kappa shape index (κ1) is 31.7. The molecule has 3 aromatic rings. The molecule has 0 aliphatic heterocycles. The molecule has 0 aliphatic carbocycles. The Bertz CT molecular complexity index is 1440. The summed E-state index contributed by atoms with van der Waals surface area (Å²) in [7, 11) is -2.73. The second-order valence-electron chi connectivity index (χ2n) is 10.2. The number of rotatable bonds is 13. The Kier molecular flexibility index (Phi) is 10.9. The fourth-order valence-corrected chi connectivity index (χ4v) is 5.94. The van der Waals surface area contributed by atoms with Gasteiger partial charge in [-0.25, -0.2) is 8.42 Å². The molecule has 220 valence electrons. The highest BCUT2D eigenvalue weighted by Crippen LogP contribution is 2.32. The molecular weight excluding hydrogens is 538 g/mol. The molecule has 2 atom stereocenters. The molecule has 8 nitrogen and oxygen atoms in total. The first-order valence-electron chi connectivity index (χ1n) is 13.9. The number of methoxy groups -OCH3 is 1. The van der Waals surface area contributed by atoms with Gasteiger partial charge in [0, 0.05) is 12.6 Å². The predicted molar refractivity (Wildman–Crippen MR) is 162 cm³/mol. The molecule has 2 amide bonds. The van der Waals surface area contributed by atoms with Gasteiger partial charge in [0.15, 0.2) is 0 Å². The first-order chi connectivity index (χ1) is 19.5. The molecule has 0 spiro atoms. The van der Waals surface area contributed by atoms with E-state index in [1.54, 1.807) is 36.4 Å². The lowest BCUT2D eigenvalue weighted by Crippen LogP contribution is -2.53. The predicted octanol–water partition coefficient (Wildman–Crippen LogP) is 5.23. The van der Waals surface area contributed by atoms with Gasteiger partial charge in [-0.05, 0) is 69.0 Å². The molecule has 2 unspecified atom stereocenters. The van der Waals surface area contributed by atoms with Gasteiger partial charge in [0.25, 0.3) is 10.0 Å². The van der Waals surface area contributed by atoms with E-state index in [0.717, 1.165) is 27.4 Å². The quantitative estimate of drug-likeness (QED) is 0.299. The van der Waals surface area contributed by atoms with Gasteiger partial charge in [-0.1, -0.05) is 67.9 Å². The van der Waals surface area contributed by atoms with Gasteiger partial charge in [0.2, 0.25) is 11.8 Å². The minimum Gasteiger partial charge on any atom is -0.495 e. The fourth-order valence-electron chi connectivity index (χ4n) is 4.52. The average molecular weight is 580 g/mol. The van der Waals surface area contributed by atoms with Crippen LogP contribution in [0.4, 0.5) is 5.69 Å². The Morgan fingerprint density at radius 3 is 2.15 bits per heavy atom. The van der Waals surface area contributed by atoms with Crippen molar-refractivity contribution in [1.82, 2.24) is 10.2 Å². The van der Waals surface area contributed by atoms with Crippen molar-refractivity contribution in [2.75, 3.05) is 18.0 Å². The number of benzene rings is 3. The van der Waals surface area contributed by atoms with Gasteiger partial charge in [0.05, 0.1) is 17.7 Å². The van der Waals surface area contributed by atoms with Gasteiger partial charge in [-0.3, -0.25) is 13.9 Å². The van der Waals surface area contributed by atoms with Crippen molar-refractivity contribution in [2.24, 2.45) is 0 Å². The maximum absolute atomic E-state index is 14.2. The summed E-state index contributed by atoms with van der Waals surface area (Å²) >= 11 is 0. The Balaban J connectivity index is 2.11. The van der Waals surface area contributed by atoms with E-state index in [0.29, 0.717) is 12.2 Å². The highest BCUT2D eigenvalue weighted by atomic mass is 32.2. The number of ether oxygens (including phenoxy) is 1. The van der Waals surface area contributed by atoms with Crippen molar-refractivity contribution in [3.05, 3.63) is 89.5 Å². The minimum atomic E-state index is -4.18. The van der Waals surface area contributed by atoms with Gasteiger partial charge >= 0.3 is 0 Å². The molecule has 0 aromatic heterocycles. The summed E-state index contributed by atoms with van der Waals surface area (Å²) in [6.07, 6.45) is 1.10. The molecule has 0 heterocycles. The second-order valence-corrected chi connectivity index (χ2v) is 12.0. The van der Waals surface area contributed by atoms with E-state index in [-0.39, 0.29) is 29.1 Å². The standard InChI is InChI=1S/C32H41N3O5S/c1-7-25(5)33-32(37)28(8-2)34(21-26-14-10-9-13-24(26)4)31(36)22-35(29-15-11-12-16-30(29)40-6)41(38,39)27-19-17-23(3)18-20-27/h9-20,25,28H,7-8,21-22H2,1-6H3,(H,33,37). The molecule has 0 fully saturated rings. The third kappa shape index (κ3) is 7.67. The molecule has 9 heteroatoms. The van der Waals surface area contributed by atoms with E-state index in [2.05, 4.69) is 5.32 Å². The van der Waals surface area contributed by atoms with Crippen LogP contribution in [0, 0.1) is 13.8 Å². The number of sulfonamides is 1. The number of nitrogens with zero attached hydrogens (tertiary/aromatic N) is 2. The van der Waals surface area contributed by atoms with E-state index < -0.39 is 28.5 Å². The zero-order valence-electron chi connectivity index (χ0n) is 24.8. The molecule has 1 N–H and O–H groups in total. The number of carbonyl (C=O) groups is 2. The fraction of sp³-hybridized carbons (Fsp3) is 0.375. The number of nitrogens with one attached hydrogen (secondary N) is 1. The SMILES string of the molecule is CCC(C)NC(=O)C(CC)N(Cc1ccccc1C)C(=O)CN(c1ccccc1OC)S(=O)(=O)c1ccc(C)cc1. The van der Waals surface area contributed by atoms with Crippen LogP contribution in [0.3, 0.4) is 0 Å². The van der Waals surface area contributed by atoms with Crippen molar-refractivity contribution in [3.8, 4) is 5.75 Å². The van der Waals surface area contributed by atoms with Gasteiger partial charge in [0.1, 0.15) is 18.3 Å². The maximum atomic E-state index is 14.2. The molecular formula is C32H41N3O5S. The van der Waals surface area contributed by atoms with E-state index in [1.165, 1.54) is 24.1 Å². The zero-order valence-corrected chi connectivity index (χ0v) is 25.6. The van der Waals surface area contributed by atoms with Crippen LogP contribution in [-0.2, 0) is 26.2 Å². The summed E-state index contributed by atoms with van der Waals surface area (Å²) in [5.41, 5.74) is 2.99. The third-order valence-electron chi connectivity index (χ3n) is 7.23. The molecule has 0 aliphatic rings. The van der Waals surface area contributed by atoms with Gasteiger partial charge in [-0.2, -0.15) is 0 Å². The highest BCUT2D eigenvalue weighted by molar-refractivity contribution is 7.92. The molecule has 0 bridgehead atoms. The maximum Gasteiger partial charge on any atom is 0.264 e. The lowest BCUT2D eigenvalue weighted by molar-refractivity contribution is -0.140. The summed E-state index contributed by atoms with van der Waals surface area (Å²) in [6, 6.07) is 20.0. The van der Waals surface area contributed by atoms with Crippen molar-refractivity contribution < 1.29 is 22.7 Å². The van der Waals surface area contributed by atoms with Gasteiger partial charge in [-0.15, -0.1) is 0 Å². The Labute approximate surface area is 244 Å². The second kappa shape index (κ2) is 14.2. The molecule has 3 rings (SSSR count). The van der Waals surface area contributed by atoms with Crippen molar-refractivity contribution >= 4 is 27.5 Å². The van der Waals surface area contributed by atoms with Gasteiger partial charge < -0.3 is 15.0 Å². The summed E-state index contributed by atoms with van der Waals surface area (Å²) in [5, 5.41) is 3.00. The van der Waals surface area contributed by atoms with Crippen LogP contribution in [0.2, 0.25) is 0 Å². The van der Waals surface area contributed by atoms with Crippen LogP contribution in [0.5, 0.6) is 5.75 Å². The lowest BCUT2D eigenvalue weighted by atomic mass is 10.1. The van der Waals surface area contributed by atoms with Crippen molar-refractivity contribution in [2.45, 2.75) is 71.0 Å². The van der Waals surface area contributed by atoms with E-state index >= 15 is 0 Å². The van der Waals surface area contributed by atoms with E-state index in [4.69, 9.17) is 4.74 Å². The number of amides is 2. The summed E-state index contributed by atoms with van der Waals surface area (Å²) in [5.74, 6) is -0.460. The molecule has 0 radical (unpaired) electrons. The number of para-hydroxylation sites is 2. The summed E-state index contributed by atoms with van der Waals surface area (Å²) < 4.78 is 34.7. The van der Waals surface area contributed by atoms with Crippen LogP contribution < -0.4 is 14.4 Å².